The molecule has 2 rings (SSSR count). The van der Waals surface area contributed by atoms with E-state index >= 15 is 0 Å². The Hall–Kier alpha value is -2.89. The Bertz CT molecular complexity index is 777. The monoisotopic (exact) mass is 372 g/mol. The predicted molar refractivity (Wildman–Crippen MR) is 102 cm³/mol. The molecule has 0 fully saturated rings. The Morgan fingerprint density at radius 1 is 1.15 bits per heavy atom. The molecule has 2 amide bonds. The maximum Gasteiger partial charge on any atom is 0.254 e. The van der Waals surface area contributed by atoms with Gasteiger partial charge >= 0.3 is 0 Å². The molecule has 0 aliphatic carbocycles. The summed E-state index contributed by atoms with van der Waals surface area (Å²) in [6.07, 6.45) is 0.902. The molecule has 27 heavy (non-hydrogen) atoms. The largest absolute Gasteiger partial charge is 0.497 e. The zero-order valence-electron chi connectivity index (χ0n) is 15.9. The average Bonchev–Trinajstić information content (AvgIpc) is 2.69. The van der Waals surface area contributed by atoms with Gasteiger partial charge in [-0.3, -0.25) is 9.59 Å². The Morgan fingerprint density at radius 3 is 2.41 bits per heavy atom. The summed E-state index contributed by atoms with van der Waals surface area (Å²) in [7, 11) is 3.36. The summed E-state index contributed by atoms with van der Waals surface area (Å²) in [5.74, 6) is -0.431. The summed E-state index contributed by atoms with van der Waals surface area (Å²) in [4.78, 5) is 26.2. The van der Waals surface area contributed by atoms with E-state index in [9.17, 15) is 14.0 Å². The number of ether oxygens (including phenoxy) is 1. The van der Waals surface area contributed by atoms with E-state index in [1.54, 1.807) is 25.1 Å². The molecule has 0 spiro atoms. The smallest absolute Gasteiger partial charge is 0.254 e. The van der Waals surface area contributed by atoms with Gasteiger partial charge < -0.3 is 15.0 Å². The fraction of sp³-hybridized carbons (Fsp3) is 0.333. The molecule has 0 aromatic heterocycles. The molecule has 1 N–H and O–H groups in total. The van der Waals surface area contributed by atoms with Crippen LogP contribution in [-0.2, 0) is 4.79 Å². The normalized spacial score (nSPS) is 11.6. The second-order valence-electron chi connectivity index (χ2n) is 6.19. The van der Waals surface area contributed by atoms with Gasteiger partial charge in [-0.05, 0) is 36.2 Å². The third kappa shape index (κ3) is 5.29. The first-order valence-electron chi connectivity index (χ1n) is 8.90. The first kappa shape index (κ1) is 20.4. The first-order valence-corrected chi connectivity index (χ1v) is 8.90. The van der Waals surface area contributed by atoms with E-state index < -0.39 is 11.7 Å². The highest BCUT2D eigenvalue weighted by atomic mass is 19.1. The summed E-state index contributed by atoms with van der Waals surface area (Å²) in [5, 5.41) is 2.59. The highest BCUT2D eigenvalue weighted by molar-refractivity contribution is 5.94. The maximum absolute atomic E-state index is 13.6. The van der Waals surface area contributed by atoms with Gasteiger partial charge in [0.15, 0.2) is 0 Å². The van der Waals surface area contributed by atoms with Crippen LogP contribution >= 0.6 is 0 Å². The second kappa shape index (κ2) is 9.71. The topological polar surface area (TPSA) is 58.6 Å². The van der Waals surface area contributed by atoms with Gasteiger partial charge in [-0.2, -0.15) is 0 Å². The zero-order chi connectivity index (χ0) is 19.8. The van der Waals surface area contributed by atoms with Crippen molar-refractivity contribution in [3.8, 4) is 5.75 Å². The Labute approximate surface area is 159 Å². The Kier molecular flexibility index (Phi) is 7.34. The summed E-state index contributed by atoms with van der Waals surface area (Å²) < 4.78 is 18.8. The Balaban J connectivity index is 1.91. The van der Waals surface area contributed by atoms with Crippen molar-refractivity contribution in [2.24, 2.45) is 0 Å². The van der Waals surface area contributed by atoms with Crippen molar-refractivity contribution in [3.05, 3.63) is 65.5 Å². The number of carbonyl (C=O) groups excluding carboxylic acids is 2. The molecule has 144 valence electrons. The number of nitrogens with one attached hydrogen (secondary N) is 1. The standard InChI is InChI=1S/C21H25FN2O3/c1-4-19(15-9-11-16(27-3)12-10-15)24(2)20(25)13-14-23-21(26)17-7-5-6-8-18(17)22/h5-12,19H,4,13-14H2,1-3H3,(H,23,26)/t19-/m0/s1. The van der Waals surface area contributed by atoms with Crippen molar-refractivity contribution in [2.75, 3.05) is 20.7 Å². The highest BCUT2D eigenvalue weighted by Gasteiger charge is 2.20. The first-order chi connectivity index (χ1) is 13.0. The lowest BCUT2D eigenvalue weighted by atomic mass is 10.0. The van der Waals surface area contributed by atoms with Crippen LogP contribution in [0.3, 0.4) is 0 Å². The second-order valence-corrected chi connectivity index (χ2v) is 6.19. The minimum absolute atomic E-state index is 0.0250. The Morgan fingerprint density at radius 2 is 1.81 bits per heavy atom. The summed E-state index contributed by atoms with van der Waals surface area (Å²) >= 11 is 0. The summed E-state index contributed by atoms with van der Waals surface area (Å²) in [5.41, 5.74) is 0.993. The lowest BCUT2D eigenvalue weighted by Crippen LogP contribution is -2.34. The van der Waals surface area contributed by atoms with Crippen molar-refractivity contribution < 1.29 is 18.7 Å². The van der Waals surface area contributed by atoms with Crippen LogP contribution in [0.4, 0.5) is 4.39 Å². The van der Waals surface area contributed by atoms with Crippen molar-refractivity contribution in [3.63, 3.8) is 0 Å². The average molecular weight is 372 g/mol. The van der Waals surface area contributed by atoms with E-state index in [0.29, 0.717) is 0 Å². The van der Waals surface area contributed by atoms with Crippen LogP contribution < -0.4 is 10.1 Å². The zero-order valence-corrected chi connectivity index (χ0v) is 15.9. The molecule has 0 unspecified atom stereocenters. The van der Waals surface area contributed by atoms with Crippen LogP contribution in [-0.4, -0.2) is 37.4 Å². The number of rotatable bonds is 8. The number of benzene rings is 2. The molecule has 6 heteroatoms. The number of amides is 2. The van der Waals surface area contributed by atoms with Gasteiger partial charge in [0, 0.05) is 20.0 Å². The van der Waals surface area contributed by atoms with Crippen molar-refractivity contribution in [2.45, 2.75) is 25.8 Å². The summed E-state index contributed by atoms with van der Waals surface area (Å²) in [6, 6.07) is 13.3. The minimum Gasteiger partial charge on any atom is -0.497 e. The molecule has 0 heterocycles. The van der Waals surface area contributed by atoms with Gasteiger partial charge in [-0.15, -0.1) is 0 Å². The van der Waals surface area contributed by atoms with E-state index in [-0.39, 0.29) is 30.5 Å². The van der Waals surface area contributed by atoms with Crippen LogP contribution in [0, 0.1) is 5.82 Å². The predicted octanol–water partition coefficient (Wildman–Crippen LogP) is 3.56. The minimum atomic E-state index is -0.580. The molecule has 2 aromatic carbocycles. The molecule has 0 saturated heterocycles. The number of hydrogen-bond acceptors (Lipinski definition) is 3. The van der Waals surface area contributed by atoms with Crippen molar-refractivity contribution >= 4 is 11.8 Å². The van der Waals surface area contributed by atoms with Crippen LogP contribution in [0.25, 0.3) is 0 Å². The van der Waals surface area contributed by atoms with E-state index in [4.69, 9.17) is 4.74 Å². The third-order valence-electron chi connectivity index (χ3n) is 4.49. The van der Waals surface area contributed by atoms with Crippen LogP contribution in [0.1, 0.15) is 41.7 Å². The van der Waals surface area contributed by atoms with Crippen molar-refractivity contribution in [1.82, 2.24) is 10.2 Å². The van der Waals surface area contributed by atoms with Crippen LogP contribution in [0.5, 0.6) is 5.75 Å². The highest BCUT2D eigenvalue weighted by Crippen LogP contribution is 2.25. The lowest BCUT2D eigenvalue weighted by Gasteiger charge is -2.28. The lowest BCUT2D eigenvalue weighted by molar-refractivity contribution is -0.132. The number of hydrogen-bond donors (Lipinski definition) is 1. The molecule has 1 atom stereocenters. The third-order valence-corrected chi connectivity index (χ3v) is 4.49. The van der Waals surface area contributed by atoms with Gasteiger partial charge in [0.05, 0.1) is 18.7 Å². The maximum atomic E-state index is 13.6. The molecule has 0 saturated carbocycles. The van der Waals surface area contributed by atoms with E-state index in [0.717, 1.165) is 17.7 Å². The van der Waals surface area contributed by atoms with Gasteiger partial charge in [0.1, 0.15) is 11.6 Å². The van der Waals surface area contributed by atoms with Gasteiger partial charge in [-0.25, -0.2) is 4.39 Å². The van der Waals surface area contributed by atoms with Crippen LogP contribution in [0.15, 0.2) is 48.5 Å². The molecule has 0 bridgehead atoms. The SMILES string of the molecule is CC[C@@H](c1ccc(OC)cc1)N(C)C(=O)CCNC(=O)c1ccccc1F. The number of halogens is 1. The fourth-order valence-corrected chi connectivity index (χ4v) is 2.93. The fourth-order valence-electron chi connectivity index (χ4n) is 2.93. The van der Waals surface area contributed by atoms with Gasteiger partial charge in [0.2, 0.25) is 5.91 Å². The molecule has 0 aliphatic rings. The molecule has 0 aliphatic heterocycles. The van der Waals surface area contributed by atoms with Crippen molar-refractivity contribution in [1.29, 1.82) is 0 Å². The number of methoxy groups -OCH3 is 1. The van der Waals surface area contributed by atoms with Gasteiger partial charge in [-0.1, -0.05) is 31.2 Å². The van der Waals surface area contributed by atoms with E-state index in [2.05, 4.69) is 5.32 Å². The van der Waals surface area contributed by atoms with Gasteiger partial charge in [0.25, 0.3) is 5.91 Å². The molecular weight excluding hydrogens is 347 g/mol. The van der Waals surface area contributed by atoms with E-state index in [1.165, 1.54) is 18.2 Å². The number of carbonyl (C=O) groups is 2. The molecule has 2 aromatic rings. The number of nitrogens with zero attached hydrogens (tertiary/aromatic N) is 1. The van der Waals surface area contributed by atoms with E-state index in [1.807, 2.05) is 31.2 Å². The quantitative estimate of drug-likeness (QED) is 0.771. The molecule has 0 radical (unpaired) electrons. The molecular formula is C21H25FN2O3. The molecule has 5 nitrogen and oxygen atoms in total. The van der Waals surface area contributed by atoms with Crippen LogP contribution in [0.2, 0.25) is 0 Å². The summed E-state index contributed by atoms with van der Waals surface area (Å²) in [6.45, 7) is 2.16.